The van der Waals surface area contributed by atoms with E-state index >= 15 is 0 Å². The number of para-hydroxylation sites is 1. The molecule has 1 aliphatic carbocycles. The lowest BCUT2D eigenvalue weighted by Crippen LogP contribution is -2.38. The van der Waals surface area contributed by atoms with Crippen LogP contribution < -0.4 is 15.4 Å². The first-order chi connectivity index (χ1) is 13.2. The number of amides is 1. The molecule has 5 nitrogen and oxygen atoms in total. The van der Waals surface area contributed by atoms with Gasteiger partial charge in [-0.3, -0.25) is 4.79 Å². The normalized spacial score (nSPS) is 21.4. The molecule has 2 N–H and O–H groups in total. The summed E-state index contributed by atoms with van der Waals surface area (Å²) in [5, 5.41) is 7.71. The summed E-state index contributed by atoms with van der Waals surface area (Å²) in [5.41, 5.74) is 2.17. The molecule has 1 aromatic heterocycles. The average Bonchev–Trinajstić information content (AvgIpc) is 3.02. The predicted molar refractivity (Wildman–Crippen MR) is 109 cm³/mol. The Morgan fingerprint density at radius 2 is 2.07 bits per heavy atom. The summed E-state index contributed by atoms with van der Waals surface area (Å²) in [6.45, 7) is 3.57. The maximum atomic E-state index is 11.5. The Kier molecular flexibility index (Phi) is 5.62. The van der Waals surface area contributed by atoms with E-state index in [-0.39, 0.29) is 5.91 Å². The van der Waals surface area contributed by atoms with Crippen molar-refractivity contribution in [2.24, 2.45) is 5.92 Å². The highest BCUT2D eigenvalue weighted by atomic mass is 32.1. The molecule has 0 saturated heterocycles. The van der Waals surface area contributed by atoms with Crippen LogP contribution in [-0.4, -0.2) is 30.1 Å². The smallest absolute Gasteiger partial charge is 0.219 e. The number of benzene rings is 1. The van der Waals surface area contributed by atoms with Crippen LogP contribution in [0.15, 0.2) is 24.3 Å². The van der Waals surface area contributed by atoms with Crippen molar-refractivity contribution in [1.29, 1.82) is 0 Å². The maximum absolute atomic E-state index is 11.5. The summed E-state index contributed by atoms with van der Waals surface area (Å²) < 4.78 is 5.85. The van der Waals surface area contributed by atoms with Gasteiger partial charge in [0.15, 0.2) is 5.13 Å². The number of aromatic nitrogens is 1. The largest absolute Gasteiger partial charge is 0.493 e. The van der Waals surface area contributed by atoms with E-state index in [2.05, 4.69) is 16.7 Å². The molecule has 0 spiro atoms. The van der Waals surface area contributed by atoms with Crippen LogP contribution in [0.4, 0.5) is 5.13 Å². The maximum Gasteiger partial charge on any atom is 0.219 e. The number of hydrogen-bond acceptors (Lipinski definition) is 5. The molecule has 1 aliphatic heterocycles. The summed E-state index contributed by atoms with van der Waals surface area (Å²) >= 11 is 1.75. The summed E-state index contributed by atoms with van der Waals surface area (Å²) in [5.74, 6) is 1.75. The second kappa shape index (κ2) is 8.30. The van der Waals surface area contributed by atoms with Crippen LogP contribution in [0.3, 0.4) is 0 Å². The molecule has 0 bridgehead atoms. The lowest BCUT2D eigenvalue weighted by molar-refractivity contribution is -0.121. The molecule has 6 heteroatoms. The van der Waals surface area contributed by atoms with Gasteiger partial charge >= 0.3 is 0 Å². The number of carbonyl (C=O) groups excluding carboxylic acids is 1. The van der Waals surface area contributed by atoms with Crippen molar-refractivity contribution in [2.75, 3.05) is 18.5 Å². The van der Waals surface area contributed by atoms with Gasteiger partial charge in [0.05, 0.1) is 12.3 Å². The summed E-state index contributed by atoms with van der Waals surface area (Å²) in [7, 11) is 0. The molecule has 2 heterocycles. The van der Waals surface area contributed by atoms with Crippen molar-refractivity contribution < 1.29 is 9.53 Å². The summed E-state index contributed by atoms with van der Waals surface area (Å²) in [4.78, 5) is 17.7. The molecule has 0 radical (unpaired) electrons. The highest BCUT2D eigenvalue weighted by Gasteiger charge is 2.23. The number of ether oxygens (including phenoxy) is 1. The third-order valence-electron chi connectivity index (χ3n) is 5.50. The van der Waals surface area contributed by atoms with Crippen molar-refractivity contribution in [1.82, 2.24) is 10.3 Å². The molecule has 1 aromatic carbocycles. The topological polar surface area (TPSA) is 63.2 Å². The molecular weight excluding hydrogens is 358 g/mol. The predicted octanol–water partition coefficient (Wildman–Crippen LogP) is 4.24. The third kappa shape index (κ3) is 4.26. The molecule has 1 amide bonds. The van der Waals surface area contributed by atoms with Crippen LogP contribution in [0.1, 0.15) is 43.9 Å². The number of rotatable bonds is 5. The molecule has 0 atom stereocenters. The minimum Gasteiger partial charge on any atom is -0.493 e. The first-order valence-electron chi connectivity index (χ1n) is 9.98. The van der Waals surface area contributed by atoms with Gasteiger partial charge in [-0.1, -0.05) is 19.1 Å². The Hall–Kier alpha value is -2.08. The lowest BCUT2D eigenvalue weighted by atomic mass is 9.86. The van der Waals surface area contributed by atoms with Crippen LogP contribution in [0.2, 0.25) is 0 Å². The van der Waals surface area contributed by atoms with Gasteiger partial charge in [0.1, 0.15) is 5.75 Å². The standard InChI is InChI=1S/C21H27N3O2S/c1-2-19(25)23-15-9-7-14(8-10-15)13-22-21-24-20-16-5-3-4-6-17(16)26-12-11-18(20)27-21/h3-6,14-15H,2,7-13H2,1H3,(H,22,24)(H,23,25). The molecule has 4 rings (SSSR count). The van der Waals surface area contributed by atoms with Crippen LogP contribution in [0.25, 0.3) is 11.3 Å². The number of carbonyl (C=O) groups is 1. The van der Waals surface area contributed by atoms with Gasteiger partial charge in [-0.2, -0.15) is 0 Å². The van der Waals surface area contributed by atoms with Crippen molar-refractivity contribution in [3.63, 3.8) is 0 Å². The van der Waals surface area contributed by atoms with Gasteiger partial charge in [0.25, 0.3) is 0 Å². The van der Waals surface area contributed by atoms with Gasteiger partial charge in [-0.25, -0.2) is 4.98 Å². The van der Waals surface area contributed by atoms with Crippen molar-refractivity contribution in [2.45, 2.75) is 51.5 Å². The van der Waals surface area contributed by atoms with Crippen LogP contribution >= 0.6 is 11.3 Å². The highest BCUT2D eigenvalue weighted by Crippen LogP contribution is 2.39. The zero-order valence-electron chi connectivity index (χ0n) is 15.8. The Bertz CT molecular complexity index is 796. The fraction of sp³-hybridized carbons (Fsp3) is 0.524. The number of fused-ring (bicyclic) bond motifs is 3. The Balaban J connectivity index is 1.34. The summed E-state index contributed by atoms with van der Waals surface area (Å²) in [6, 6.07) is 8.52. The SMILES string of the molecule is CCC(=O)NC1CCC(CNc2nc3c(s2)CCOc2ccccc2-3)CC1. The number of anilines is 1. The number of nitrogens with zero attached hydrogens (tertiary/aromatic N) is 1. The fourth-order valence-corrected chi connectivity index (χ4v) is 4.88. The Labute approximate surface area is 164 Å². The Morgan fingerprint density at radius 1 is 1.26 bits per heavy atom. The first-order valence-corrected chi connectivity index (χ1v) is 10.8. The number of nitrogens with one attached hydrogen (secondary N) is 2. The second-order valence-electron chi connectivity index (χ2n) is 7.41. The minimum absolute atomic E-state index is 0.171. The number of thiazole rings is 1. The van der Waals surface area contributed by atoms with E-state index in [4.69, 9.17) is 9.72 Å². The average molecular weight is 386 g/mol. The van der Waals surface area contributed by atoms with Gasteiger partial charge in [0, 0.05) is 35.9 Å². The molecule has 1 fully saturated rings. The Morgan fingerprint density at radius 3 is 2.89 bits per heavy atom. The number of hydrogen-bond donors (Lipinski definition) is 2. The van der Waals surface area contributed by atoms with Crippen LogP contribution in [-0.2, 0) is 11.2 Å². The van der Waals surface area contributed by atoms with Gasteiger partial charge < -0.3 is 15.4 Å². The van der Waals surface area contributed by atoms with Crippen molar-refractivity contribution in [3.8, 4) is 17.0 Å². The highest BCUT2D eigenvalue weighted by molar-refractivity contribution is 7.16. The fourth-order valence-electron chi connectivity index (χ4n) is 3.92. The molecule has 1 saturated carbocycles. The zero-order chi connectivity index (χ0) is 18.6. The van der Waals surface area contributed by atoms with Crippen molar-refractivity contribution >= 4 is 22.4 Å². The quantitative estimate of drug-likeness (QED) is 0.808. The van der Waals surface area contributed by atoms with E-state index in [9.17, 15) is 4.79 Å². The van der Waals surface area contributed by atoms with Crippen LogP contribution in [0.5, 0.6) is 5.75 Å². The van der Waals surface area contributed by atoms with E-state index < -0.39 is 0 Å². The zero-order valence-corrected chi connectivity index (χ0v) is 16.6. The van der Waals surface area contributed by atoms with Gasteiger partial charge in [0.2, 0.25) is 5.91 Å². The first kappa shape index (κ1) is 18.3. The van der Waals surface area contributed by atoms with Gasteiger partial charge in [-0.15, -0.1) is 11.3 Å². The second-order valence-corrected chi connectivity index (χ2v) is 8.49. The van der Waals surface area contributed by atoms with E-state index in [1.165, 1.54) is 4.88 Å². The molecule has 2 aromatic rings. The third-order valence-corrected chi connectivity index (χ3v) is 6.57. The summed E-state index contributed by atoms with van der Waals surface area (Å²) in [6.07, 6.45) is 5.96. The molecule has 144 valence electrons. The minimum atomic E-state index is 0.171. The molecule has 27 heavy (non-hydrogen) atoms. The monoisotopic (exact) mass is 385 g/mol. The van der Waals surface area contributed by atoms with E-state index in [1.54, 1.807) is 11.3 Å². The van der Waals surface area contributed by atoms with Crippen LogP contribution in [0, 0.1) is 5.92 Å². The molecular formula is C21H27N3O2S. The lowest BCUT2D eigenvalue weighted by Gasteiger charge is -2.29. The van der Waals surface area contributed by atoms with E-state index in [1.807, 2.05) is 25.1 Å². The van der Waals surface area contributed by atoms with E-state index in [0.717, 1.165) is 60.8 Å². The van der Waals surface area contributed by atoms with Gasteiger partial charge in [-0.05, 0) is 43.7 Å². The molecule has 2 aliphatic rings. The van der Waals surface area contributed by atoms with E-state index in [0.29, 0.717) is 25.0 Å². The molecule has 0 unspecified atom stereocenters. The van der Waals surface area contributed by atoms with Crippen molar-refractivity contribution in [3.05, 3.63) is 29.1 Å².